The first-order chi connectivity index (χ1) is 8.27. The molecule has 2 rings (SSSR count). The van der Waals surface area contributed by atoms with E-state index in [0.29, 0.717) is 15.9 Å². The van der Waals surface area contributed by atoms with Crippen LogP contribution >= 0.6 is 15.9 Å². The molecular formula is C11H9BrF3N3. The lowest BCUT2D eigenvalue weighted by Gasteiger charge is -2.11. The molecule has 0 aliphatic rings. The molecule has 1 heterocycles. The summed E-state index contributed by atoms with van der Waals surface area (Å²) in [7, 11) is 0. The number of anilines is 1. The molecular weight excluding hydrogens is 311 g/mol. The minimum atomic E-state index is -4.40. The first-order valence-electron chi connectivity index (χ1n) is 4.97. The van der Waals surface area contributed by atoms with E-state index >= 15 is 0 Å². The van der Waals surface area contributed by atoms with Crippen molar-refractivity contribution in [2.45, 2.75) is 13.1 Å². The van der Waals surface area contributed by atoms with Gasteiger partial charge in [0.25, 0.3) is 0 Å². The van der Waals surface area contributed by atoms with Crippen LogP contribution in [-0.2, 0) is 6.18 Å². The van der Waals surface area contributed by atoms with Gasteiger partial charge in [0, 0.05) is 10.7 Å². The summed E-state index contributed by atoms with van der Waals surface area (Å²) in [5.74, 6) is 0.152. The van der Waals surface area contributed by atoms with Gasteiger partial charge in [-0.25, -0.2) is 4.98 Å². The number of imidazole rings is 1. The number of rotatable bonds is 1. The van der Waals surface area contributed by atoms with Gasteiger partial charge in [-0.05, 0) is 25.1 Å². The summed E-state index contributed by atoms with van der Waals surface area (Å²) in [4.78, 5) is 3.95. The monoisotopic (exact) mass is 319 g/mol. The Morgan fingerprint density at radius 1 is 1.28 bits per heavy atom. The highest BCUT2D eigenvalue weighted by molar-refractivity contribution is 9.10. The Hall–Kier alpha value is -1.50. The van der Waals surface area contributed by atoms with Crippen LogP contribution in [0.5, 0.6) is 0 Å². The quantitative estimate of drug-likeness (QED) is 0.873. The molecule has 96 valence electrons. The maximum Gasteiger partial charge on any atom is 0.416 e. The van der Waals surface area contributed by atoms with Crippen LogP contribution in [0.25, 0.3) is 5.69 Å². The van der Waals surface area contributed by atoms with E-state index in [0.717, 1.165) is 12.1 Å². The lowest BCUT2D eigenvalue weighted by atomic mass is 10.2. The van der Waals surface area contributed by atoms with Crippen molar-refractivity contribution in [1.29, 1.82) is 0 Å². The Labute approximate surface area is 110 Å². The number of aromatic nitrogens is 2. The van der Waals surface area contributed by atoms with Crippen LogP contribution in [0.3, 0.4) is 0 Å². The first-order valence-corrected chi connectivity index (χ1v) is 5.76. The molecule has 0 radical (unpaired) electrons. The maximum atomic E-state index is 12.7. The van der Waals surface area contributed by atoms with Crippen molar-refractivity contribution in [1.82, 2.24) is 9.55 Å². The SMILES string of the molecule is Cc1cn(-c2cc(Br)cc(C(F)(F)F)c2)c(N)n1. The van der Waals surface area contributed by atoms with Gasteiger partial charge in [-0.1, -0.05) is 15.9 Å². The van der Waals surface area contributed by atoms with Gasteiger partial charge in [0.15, 0.2) is 0 Å². The first kappa shape index (κ1) is 12.9. The number of halogens is 4. The van der Waals surface area contributed by atoms with Crippen LogP contribution in [0.2, 0.25) is 0 Å². The van der Waals surface area contributed by atoms with Crippen LogP contribution in [0, 0.1) is 6.92 Å². The Bertz CT molecular complexity index is 590. The van der Waals surface area contributed by atoms with E-state index in [-0.39, 0.29) is 5.95 Å². The summed E-state index contributed by atoms with van der Waals surface area (Å²) < 4.78 is 39.8. The Kier molecular flexibility index (Phi) is 3.10. The number of nitrogen functional groups attached to an aromatic ring is 1. The second-order valence-corrected chi connectivity index (χ2v) is 4.72. The van der Waals surface area contributed by atoms with Crippen molar-refractivity contribution in [2.75, 3.05) is 5.73 Å². The normalized spacial score (nSPS) is 11.8. The molecule has 0 atom stereocenters. The van der Waals surface area contributed by atoms with Gasteiger partial charge >= 0.3 is 6.18 Å². The molecule has 7 heteroatoms. The third-order valence-electron chi connectivity index (χ3n) is 2.34. The molecule has 2 aromatic rings. The van der Waals surface area contributed by atoms with Crippen molar-refractivity contribution >= 4 is 21.9 Å². The van der Waals surface area contributed by atoms with Gasteiger partial charge in [-0.2, -0.15) is 13.2 Å². The molecule has 3 nitrogen and oxygen atoms in total. The van der Waals surface area contributed by atoms with E-state index in [9.17, 15) is 13.2 Å². The predicted molar refractivity (Wildman–Crippen MR) is 65.4 cm³/mol. The molecule has 0 aliphatic carbocycles. The number of alkyl halides is 3. The van der Waals surface area contributed by atoms with Crippen LogP contribution in [0.4, 0.5) is 19.1 Å². The van der Waals surface area contributed by atoms with E-state index in [1.165, 1.54) is 4.57 Å². The zero-order valence-electron chi connectivity index (χ0n) is 9.29. The molecule has 2 N–H and O–H groups in total. The van der Waals surface area contributed by atoms with E-state index in [2.05, 4.69) is 20.9 Å². The van der Waals surface area contributed by atoms with E-state index in [4.69, 9.17) is 5.73 Å². The van der Waals surface area contributed by atoms with Crippen LogP contribution in [0.1, 0.15) is 11.3 Å². The minimum absolute atomic E-state index is 0.152. The molecule has 0 saturated heterocycles. The summed E-state index contributed by atoms with van der Waals surface area (Å²) in [6.07, 6.45) is -2.82. The molecule has 0 unspecified atom stereocenters. The van der Waals surface area contributed by atoms with Crippen molar-refractivity contribution in [3.63, 3.8) is 0 Å². The molecule has 0 saturated carbocycles. The van der Waals surface area contributed by atoms with Crippen molar-refractivity contribution in [2.24, 2.45) is 0 Å². The molecule has 0 amide bonds. The van der Waals surface area contributed by atoms with E-state index in [1.807, 2.05) is 0 Å². The summed E-state index contributed by atoms with van der Waals surface area (Å²) in [6.45, 7) is 1.72. The summed E-state index contributed by atoms with van der Waals surface area (Å²) in [5, 5.41) is 0. The highest BCUT2D eigenvalue weighted by Gasteiger charge is 2.31. The fourth-order valence-corrected chi connectivity index (χ4v) is 2.08. The van der Waals surface area contributed by atoms with Crippen LogP contribution in [0.15, 0.2) is 28.9 Å². The predicted octanol–water partition coefficient (Wildman–Crippen LogP) is 3.54. The van der Waals surface area contributed by atoms with Gasteiger partial charge in [0.05, 0.1) is 16.9 Å². The van der Waals surface area contributed by atoms with Crippen molar-refractivity contribution in [3.8, 4) is 5.69 Å². The summed E-state index contributed by atoms with van der Waals surface area (Å²) in [6, 6.07) is 3.60. The molecule has 0 spiro atoms. The molecule has 0 fully saturated rings. The van der Waals surface area contributed by atoms with Gasteiger partial charge in [-0.3, -0.25) is 4.57 Å². The van der Waals surface area contributed by atoms with E-state index in [1.54, 1.807) is 19.2 Å². The Balaban J connectivity index is 2.59. The highest BCUT2D eigenvalue weighted by Crippen LogP contribution is 2.33. The molecule has 1 aromatic carbocycles. The summed E-state index contributed by atoms with van der Waals surface area (Å²) >= 11 is 3.06. The Morgan fingerprint density at radius 3 is 2.44 bits per heavy atom. The molecule has 1 aromatic heterocycles. The molecule has 0 aliphatic heterocycles. The molecule has 0 bridgehead atoms. The number of aryl methyl sites for hydroxylation is 1. The zero-order chi connectivity index (χ0) is 13.5. The highest BCUT2D eigenvalue weighted by atomic mass is 79.9. The largest absolute Gasteiger partial charge is 0.416 e. The fraction of sp³-hybridized carbons (Fsp3) is 0.182. The maximum absolute atomic E-state index is 12.7. The smallest absolute Gasteiger partial charge is 0.369 e. The third-order valence-corrected chi connectivity index (χ3v) is 2.80. The second-order valence-electron chi connectivity index (χ2n) is 3.81. The second kappa shape index (κ2) is 4.31. The summed E-state index contributed by atoms with van der Waals surface area (Å²) in [5.41, 5.74) is 5.85. The Morgan fingerprint density at radius 2 is 1.94 bits per heavy atom. The lowest BCUT2D eigenvalue weighted by Crippen LogP contribution is -2.07. The lowest BCUT2D eigenvalue weighted by molar-refractivity contribution is -0.137. The molecule has 18 heavy (non-hydrogen) atoms. The standard InChI is InChI=1S/C11H9BrF3N3/c1-6-5-18(10(16)17-6)9-3-7(11(13,14)15)2-8(12)4-9/h2-5H,1H3,(H2,16,17). The van der Waals surface area contributed by atoms with Crippen molar-refractivity contribution in [3.05, 3.63) is 40.1 Å². The van der Waals surface area contributed by atoms with Crippen LogP contribution in [-0.4, -0.2) is 9.55 Å². The zero-order valence-corrected chi connectivity index (χ0v) is 10.9. The number of hydrogen-bond acceptors (Lipinski definition) is 2. The number of benzene rings is 1. The minimum Gasteiger partial charge on any atom is -0.369 e. The number of hydrogen-bond donors (Lipinski definition) is 1. The van der Waals surface area contributed by atoms with Crippen LogP contribution < -0.4 is 5.73 Å². The fourth-order valence-electron chi connectivity index (χ4n) is 1.60. The van der Waals surface area contributed by atoms with Gasteiger partial charge < -0.3 is 5.73 Å². The van der Waals surface area contributed by atoms with Crippen molar-refractivity contribution < 1.29 is 13.2 Å². The number of nitrogens with zero attached hydrogens (tertiary/aromatic N) is 2. The average molecular weight is 320 g/mol. The van der Waals surface area contributed by atoms with Gasteiger partial charge in [0.1, 0.15) is 0 Å². The number of nitrogens with two attached hydrogens (primary N) is 1. The third kappa shape index (κ3) is 2.50. The average Bonchev–Trinajstić information content (AvgIpc) is 2.55. The topological polar surface area (TPSA) is 43.8 Å². The van der Waals surface area contributed by atoms with Gasteiger partial charge in [0.2, 0.25) is 5.95 Å². The van der Waals surface area contributed by atoms with E-state index < -0.39 is 11.7 Å². The van der Waals surface area contributed by atoms with Gasteiger partial charge in [-0.15, -0.1) is 0 Å².